The molecule has 0 fully saturated rings. The molecule has 0 saturated carbocycles. The number of fused-ring (bicyclic) bond motifs is 1. The van der Waals surface area contributed by atoms with Crippen molar-refractivity contribution < 1.29 is 14.3 Å². The summed E-state index contributed by atoms with van der Waals surface area (Å²) in [5, 5.41) is 0.666. The van der Waals surface area contributed by atoms with Gasteiger partial charge < -0.3 is 9.47 Å². The largest absolute Gasteiger partial charge is 0.488 e. The third kappa shape index (κ3) is 5.21. The first-order valence-electron chi connectivity index (χ1n) is 12.2. The van der Waals surface area contributed by atoms with Gasteiger partial charge in [-0.1, -0.05) is 83.6 Å². The molecular weight excluding hydrogens is 520 g/mol. The van der Waals surface area contributed by atoms with E-state index in [4.69, 9.17) is 21.1 Å². The van der Waals surface area contributed by atoms with Crippen molar-refractivity contribution in [1.29, 1.82) is 0 Å². The number of hydrogen-bond acceptors (Lipinski definition) is 6. The van der Waals surface area contributed by atoms with Gasteiger partial charge in [0.15, 0.2) is 4.80 Å². The minimum Gasteiger partial charge on any atom is -0.488 e. The number of benzene rings is 3. The van der Waals surface area contributed by atoms with E-state index in [0.717, 1.165) is 16.7 Å². The Hall–Kier alpha value is -3.94. The van der Waals surface area contributed by atoms with Crippen LogP contribution in [0.15, 0.2) is 99.9 Å². The Morgan fingerprint density at radius 3 is 2.50 bits per heavy atom. The molecule has 0 radical (unpaired) electrons. The molecule has 38 heavy (non-hydrogen) atoms. The van der Waals surface area contributed by atoms with E-state index in [-0.39, 0.29) is 12.2 Å². The summed E-state index contributed by atoms with van der Waals surface area (Å²) in [5.41, 5.74) is 3.23. The van der Waals surface area contributed by atoms with Crippen LogP contribution >= 0.6 is 22.9 Å². The van der Waals surface area contributed by atoms with Crippen LogP contribution in [0.1, 0.15) is 36.6 Å². The zero-order valence-electron chi connectivity index (χ0n) is 20.9. The number of carbonyl (C=O) groups is 1. The Bertz CT molecular complexity index is 1690. The summed E-state index contributed by atoms with van der Waals surface area (Å²) in [6, 6.07) is 23.9. The van der Waals surface area contributed by atoms with Gasteiger partial charge in [0.05, 0.1) is 28.5 Å². The number of esters is 1. The average Bonchev–Trinajstić information content (AvgIpc) is 3.23. The number of ether oxygens (including phenoxy) is 2. The Balaban J connectivity index is 1.58. The van der Waals surface area contributed by atoms with Gasteiger partial charge in [-0.15, -0.1) is 0 Å². The van der Waals surface area contributed by atoms with E-state index >= 15 is 0 Å². The van der Waals surface area contributed by atoms with Gasteiger partial charge in [-0.2, -0.15) is 0 Å². The van der Waals surface area contributed by atoms with Crippen molar-refractivity contribution in [3.05, 3.63) is 132 Å². The summed E-state index contributed by atoms with van der Waals surface area (Å²) in [5.74, 6) is 0.175. The van der Waals surface area contributed by atoms with Gasteiger partial charge in [0, 0.05) is 10.6 Å². The van der Waals surface area contributed by atoms with Crippen LogP contribution in [0.2, 0.25) is 5.02 Å². The fourth-order valence-corrected chi connectivity index (χ4v) is 5.52. The quantitative estimate of drug-likeness (QED) is 0.306. The monoisotopic (exact) mass is 544 g/mol. The molecule has 1 aromatic heterocycles. The normalized spacial score (nSPS) is 15.1. The van der Waals surface area contributed by atoms with Gasteiger partial charge in [0.25, 0.3) is 5.56 Å². The molecule has 2 heterocycles. The Morgan fingerprint density at radius 2 is 1.76 bits per heavy atom. The first kappa shape index (κ1) is 25.7. The number of aromatic nitrogens is 1. The Labute approximate surface area is 228 Å². The lowest BCUT2D eigenvalue weighted by molar-refractivity contribution is -0.139. The molecule has 0 aliphatic carbocycles. The maximum absolute atomic E-state index is 13.8. The molecule has 0 amide bonds. The molecule has 1 unspecified atom stereocenters. The second-order valence-electron chi connectivity index (χ2n) is 8.67. The molecule has 0 bridgehead atoms. The molecule has 6 nitrogen and oxygen atoms in total. The van der Waals surface area contributed by atoms with Crippen LogP contribution in [0.5, 0.6) is 5.75 Å². The fraction of sp³-hybridized carbons (Fsp3) is 0.167. The number of nitrogens with zero attached hydrogens (tertiary/aromatic N) is 2. The Morgan fingerprint density at radius 1 is 1.05 bits per heavy atom. The molecule has 1 atom stereocenters. The molecule has 5 rings (SSSR count). The number of carbonyl (C=O) groups excluding carboxylic acids is 1. The molecular formula is C30H25ClN2O4S. The number of thiazole rings is 1. The van der Waals surface area contributed by atoms with E-state index in [9.17, 15) is 9.59 Å². The number of para-hydroxylation sites is 1. The first-order chi connectivity index (χ1) is 18.5. The second kappa shape index (κ2) is 11.2. The summed E-state index contributed by atoms with van der Waals surface area (Å²) < 4.78 is 13.5. The van der Waals surface area contributed by atoms with Crippen molar-refractivity contribution in [2.45, 2.75) is 26.5 Å². The highest BCUT2D eigenvalue weighted by molar-refractivity contribution is 7.07. The van der Waals surface area contributed by atoms with Crippen molar-refractivity contribution in [3.63, 3.8) is 0 Å². The van der Waals surface area contributed by atoms with E-state index in [0.29, 0.717) is 38.0 Å². The standard InChI is InChI=1S/C30H25ClN2O4S/c1-3-36-29(35)26-19(2)32-30-33(27(26)21-9-5-4-6-10-21)28(34)25(38-30)17-22-11-7-8-12-24(22)37-18-20-13-15-23(31)16-14-20/h4-17,27H,3,18H2,1-2H3/b25-17-. The minimum atomic E-state index is -0.634. The number of rotatable bonds is 7. The summed E-state index contributed by atoms with van der Waals surface area (Å²) in [7, 11) is 0. The number of allylic oxidation sites excluding steroid dienone is 1. The Kier molecular flexibility index (Phi) is 7.58. The maximum Gasteiger partial charge on any atom is 0.338 e. The highest BCUT2D eigenvalue weighted by Gasteiger charge is 2.33. The molecule has 0 N–H and O–H groups in total. The summed E-state index contributed by atoms with van der Waals surface area (Å²) in [6.07, 6.45) is 1.81. The zero-order valence-corrected chi connectivity index (χ0v) is 22.5. The smallest absolute Gasteiger partial charge is 0.338 e. The number of hydrogen-bond donors (Lipinski definition) is 0. The molecule has 3 aromatic carbocycles. The van der Waals surface area contributed by atoms with E-state index < -0.39 is 12.0 Å². The van der Waals surface area contributed by atoms with Crippen molar-refractivity contribution in [2.75, 3.05) is 6.61 Å². The van der Waals surface area contributed by atoms with Gasteiger partial charge in [-0.25, -0.2) is 9.79 Å². The van der Waals surface area contributed by atoms with Gasteiger partial charge in [-0.3, -0.25) is 9.36 Å². The number of halogens is 1. The molecule has 192 valence electrons. The van der Waals surface area contributed by atoms with Crippen molar-refractivity contribution >= 4 is 35.0 Å². The molecule has 0 spiro atoms. The third-order valence-electron chi connectivity index (χ3n) is 6.15. The predicted molar refractivity (Wildman–Crippen MR) is 149 cm³/mol. The van der Waals surface area contributed by atoms with Crippen LogP contribution in [0.4, 0.5) is 0 Å². The van der Waals surface area contributed by atoms with E-state index in [1.54, 1.807) is 18.4 Å². The molecule has 8 heteroatoms. The van der Waals surface area contributed by atoms with Gasteiger partial charge >= 0.3 is 5.97 Å². The molecule has 1 aliphatic heterocycles. The zero-order chi connectivity index (χ0) is 26.6. The van der Waals surface area contributed by atoms with Gasteiger partial charge in [0.2, 0.25) is 0 Å². The molecule has 0 saturated heterocycles. The SMILES string of the molecule is CCOC(=O)C1=C(C)N=c2s/c(=C\c3ccccc3OCc3ccc(Cl)cc3)c(=O)n2C1c1ccccc1. The van der Waals surface area contributed by atoms with Crippen LogP contribution in [0.25, 0.3) is 6.08 Å². The van der Waals surface area contributed by atoms with Crippen LogP contribution in [-0.2, 0) is 16.1 Å². The van der Waals surface area contributed by atoms with Crippen molar-refractivity contribution in [1.82, 2.24) is 4.57 Å². The van der Waals surface area contributed by atoms with Crippen LogP contribution in [-0.4, -0.2) is 17.1 Å². The molecule has 1 aliphatic rings. The van der Waals surface area contributed by atoms with Gasteiger partial charge in [-0.05, 0) is 49.2 Å². The lowest BCUT2D eigenvalue weighted by Crippen LogP contribution is -2.39. The van der Waals surface area contributed by atoms with Crippen LogP contribution < -0.4 is 19.6 Å². The van der Waals surface area contributed by atoms with E-state index in [1.807, 2.05) is 84.9 Å². The predicted octanol–water partition coefficient (Wildman–Crippen LogP) is 5.03. The lowest BCUT2D eigenvalue weighted by Gasteiger charge is -2.24. The highest BCUT2D eigenvalue weighted by Crippen LogP contribution is 2.30. The maximum atomic E-state index is 13.8. The second-order valence-corrected chi connectivity index (χ2v) is 10.1. The van der Waals surface area contributed by atoms with E-state index in [1.165, 1.54) is 11.3 Å². The summed E-state index contributed by atoms with van der Waals surface area (Å²) in [4.78, 5) is 32.0. The fourth-order valence-electron chi connectivity index (χ4n) is 4.36. The highest BCUT2D eigenvalue weighted by atomic mass is 35.5. The summed E-state index contributed by atoms with van der Waals surface area (Å²) in [6.45, 7) is 4.12. The van der Waals surface area contributed by atoms with Crippen molar-refractivity contribution in [3.8, 4) is 5.75 Å². The van der Waals surface area contributed by atoms with E-state index in [2.05, 4.69) is 4.99 Å². The third-order valence-corrected chi connectivity index (χ3v) is 7.38. The van der Waals surface area contributed by atoms with Crippen LogP contribution in [0.3, 0.4) is 0 Å². The van der Waals surface area contributed by atoms with Crippen LogP contribution in [0, 0.1) is 0 Å². The first-order valence-corrected chi connectivity index (χ1v) is 13.4. The molecule has 4 aromatic rings. The summed E-state index contributed by atoms with van der Waals surface area (Å²) >= 11 is 7.27. The topological polar surface area (TPSA) is 69.9 Å². The van der Waals surface area contributed by atoms with Gasteiger partial charge in [0.1, 0.15) is 12.4 Å². The minimum absolute atomic E-state index is 0.231. The average molecular weight is 545 g/mol. The van der Waals surface area contributed by atoms with Crippen molar-refractivity contribution in [2.24, 2.45) is 4.99 Å². The lowest BCUT2D eigenvalue weighted by atomic mass is 9.96.